The Balaban J connectivity index is 1.53. The molecule has 5 heteroatoms. The Morgan fingerprint density at radius 3 is 3.06 bits per heavy atom. The summed E-state index contributed by atoms with van der Waals surface area (Å²) >= 11 is 2.00. The van der Waals surface area contributed by atoms with E-state index in [2.05, 4.69) is 14.6 Å². The summed E-state index contributed by atoms with van der Waals surface area (Å²) in [5.41, 5.74) is 1.59. The first-order valence-corrected chi connectivity index (χ1v) is 7.35. The topological polar surface area (TPSA) is 27.9 Å². The van der Waals surface area contributed by atoms with Crippen LogP contribution >= 0.6 is 11.9 Å². The Kier molecular flexibility index (Phi) is 3.43. The summed E-state index contributed by atoms with van der Waals surface area (Å²) in [6.45, 7) is 1.17. The first-order valence-electron chi connectivity index (χ1n) is 6.51. The molecule has 1 aliphatic heterocycles. The molecule has 1 saturated heterocycles. The molecule has 1 aromatic rings. The molecule has 98 valence electrons. The second-order valence-corrected chi connectivity index (χ2v) is 6.34. The van der Waals surface area contributed by atoms with Crippen LogP contribution in [-0.2, 0) is 6.42 Å². The summed E-state index contributed by atoms with van der Waals surface area (Å²) in [7, 11) is 1.81. The van der Waals surface area contributed by atoms with E-state index in [0.29, 0.717) is 6.04 Å². The number of aromatic nitrogens is 1. The molecule has 1 aromatic heterocycles. The largest absolute Gasteiger partial charge is 0.387 e. The van der Waals surface area contributed by atoms with Crippen LogP contribution in [0.2, 0.25) is 0 Å². The van der Waals surface area contributed by atoms with Crippen molar-refractivity contribution in [3.8, 4) is 0 Å². The maximum absolute atomic E-state index is 13.7. The van der Waals surface area contributed by atoms with Crippen molar-refractivity contribution in [3.63, 3.8) is 0 Å². The van der Waals surface area contributed by atoms with E-state index in [9.17, 15) is 4.39 Å². The highest BCUT2D eigenvalue weighted by molar-refractivity contribution is 7.98. The predicted octanol–water partition coefficient (Wildman–Crippen LogP) is 2.69. The molecule has 2 fully saturated rings. The summed E-state index contributed by atoms with van der Waals surface area (Å²) in [6.07, 6.45) is 7.57. The monoisotopic (exact) mass is 267 g/mol. The molecule has 3 nitrogen and oxygen atoms in total. The summed E-state index contributed by atoms with van der Waals surface area (Å²) in [4.78, 5) is 3.87. The molecule has 0 radical (unpaired) electrons. The van der Waals surface area contributed by atoms with Gasteiger partial charge in [0.1, 0.15) is 5.82 Å². The molecule has 1 N–H and O–H groups in total. The Bertz CT molecular complexity index is 436. The molecule has 2 aliphatic rings. The molecule has 2 unspecified atom stereocenters. The molecule has 0 amide bonds. The predicted molar refractivity (Wildman–Crippen MR) is 73.2 cm³/mol. The molecular weight excluding hydrogens is 249 g/mol. The van der Waals surface area contributed by atoms with E-state index in [1.165, 1.54) is 25.6 Å². The van der Waals surface area contributed by atoms with Crippen LogP contribution in [0.15, 0.2) is 12.4 Å². The van der Waals surface area contributed by atoms with Crippen LogP contribution in [0.25, 0.3) is 0 Å². The maximum atomic E-state index is 13.7. The third-order valence-electron chi connectivity index (χ3n) is 3.48. The van der Waals surface area contributed by atoms with Gasteiger partial charge in [-0.15, -0.1) is 0 Å². The Labute approximate surface area is 111 Å². The van der Waals surface area contributed by atoms with Crippen molar-refractivity contribution >= 4 is 17.6 Å². The summed E-state index contributed by atoms with van der Waals surface area (Å²) in [5, 5.41) is 3.89. The third-order valence-corrected chi connectivity index (χ3v) is 4.96. The van der Waals surface area contributed by atoms with Crippen molar-refractivity contribution in [3.05, 3.63) is 23.8 Å². The lowest BCUT2D eigenvalue weighted by atomic mass is 10.1. The van der Waals surface area contributed by atoms with E-state index in [1.54, 1.807) is 6.20 Å². The van der Waals surface area contributed by atoms with Crippen molar-refractivity contribution in [1.29, 1.82) is 0 Å². The number of nitrogens with one attached hydrogen (secondary N) is 1. The van der Waals surface area contributed by atoms with Crippen LogP contribution < -0.4 is 5.32 Å². The van der Waals surface area contributed by atoms with Crippen molar-refractivity contribution in [2.75, 3.05) is 18.9 Å². The summed E-state index contributed by atoms with van der Waals surface area (Å²) < 4.78 is 16.1. The first-order chi connectivity index (χ1) is 8.78. The number of anilines is 1. The minimum absolute atomic E-state index is 0.191. The van der Waals surface area contributed by atoms with Crippen molar-refractivity contribution in [2.24, 2.45) is 0 Å². The van der Waals surface area contributed by atoms with Crippen LogP contribution in [0.5, 0.6) is 0 Å². The SMILES string of the molecule is CNc1cncc(F)c1CCC1CN1SC1CC1. The molecule has 2 heterocycles. The van der Waals surface area contributed by atoms with Gasteiger partial charge in [0.15, 0.2) is 0 Å². The number of hydrogen-bond donors (Lipinski definition) is 1. The van der Waals surface area contributed by atoms with Crippen LogP contribution in [0.1, 0.15) is 24.8 Å². The number of nitrogens with zero attached hydrogens (tertiary/aromatic N) is 2. The lowest BCUT2D eigenvalue weighted by Gasteiger charge is -2.09. The summed E-state index contributed by atoms with van der Waals surface area (Å²) in [5.74, 6) is -0.191. The van der Waals surface area contributed by atoms with Crippen molar-refractivity contribution < 1.29 is 4.39 Å². The van der Waals surface area contributed by atoms with Crippen LogP contribution in [-0.4, -0.2) is 34.2 Å². The number of hydrogen-bond acceptors (Lipinski definition) is 4. The molecule has 1 aliphatic carbocycles. The molecule has 0 spiro atoms. The maximum Gasteiger partial charge on any atom is 0.146 e. The molecular formula is C13H18FN3S. The van der Waals surface area contributed by atoms with Gasteiger partial charge in [0.05, 0.1) is 18.1 Å². The van der Waals surface area contributed by atoms with Crippen LogP contribution in [0, 0.1) is 5.82 Å². The van der Waals surface area contributed by atoms with Gasteiger partial charge in [0.25, 0.3) is 0 Å². The lowest BCUT2D eigenvalue weighted by molar-refractivity contribution is 0.594. The zero-order valence-corrected chi connectivity index (χ0v) is 11.3. The third kappa shape index (κ3) is 2.78. The Morgan fingerprint density at radius 1 is 1.50 bits per heavy atom. The van der Waals surface area contributed by atoms with E-state index in [1.807, 2.05) is 19.0 Å². The van der Waals surface area contributed by atoms with Gasteiger partial charge in [-0.2, -0.15) is 0 Å². The highest BCUT2D eigenvalue weighted by Crippen LogP contribution is 2.43. The standard InChI is InChI=1S/C13H18FN3S/c1-15-13-7-16-6-12(14)11(13)5-2-9-8-17(9)18-10-3-4-10/h6-7,9-10,15H,2-5,8H2,1H3. The highest BCUT2D eigenvalue weighted by atomic mass is 32.2. The van der Waals surface area contributed by atoms with Gasteiger partial charge in [-0.1, -0.05) is 11.9 Å². The minimum atomic E-state index is -0.191. The molecule has 0 bridgehead atoms. The summed E-state index contributed by atoms with van der Waals surface area (Å²) in [6, 6.07) is 0.646. The van der Waals surface area contributed by atoms with Gasteiger partial charge in [-0.05, 0) is 25.7 Å². The van der Waals surface area contributed by atoms with Gasteiger partial charge >= 0.3 is 0 Å². The highest BCUT2D eigenvalue weighted by Gasteiger charge is 2.38. The van der Waals surface area contributed by atoms with Crippen LogP contribution in [0.4, 0.5) is 10.1 Å². The van der Waals surface area contributed by atoms with Crippen molar-refractivity contribution in [2.45, 2.75) is 37.0 Å². The number of rotatable bonds is 6. The molecule has 0 aromatic carbocycles. The Hall–Kier alpha value is -0.810. The molecule has 3 rings (SSSR count). The molecule has 1 saturated carbocycles. The van der Waals surface area contributed by atoms with E-state index < -0.39 is 0 Å². The van der Waals surface area contributed by atoms with Gasteiger partial charge in [-0.25, -0.2) is 8.70 Å². The second-order valence-electron chi connectivity index (χ2n) is 4.99. The van der Waals surface area contributed by atoms with E-state index in [4.69, 9.17) is 0 Å². The van der Waals surface area contributed by atoms with E-state index >= 15 is 0 Å². The zero-order chi connectivity index (χ0) is 12.5. The average Bonchev–Trinajstić information content (AvgIpc) is 3.27. The molecule has 2 atom stereocenters. The van der Waals surface area contributed by atoms with E-state index in [0.717, 1.165) is 29.3 Å². The smallest absolute Gasteiger partial charge is 0.146 e. The average molecular weight is 267 g/mol. The lowest BCUT2D eigenvalue weighted by Crippen LogP contribution is -2.03. The fourth-order valence-corrected chi connectivity index (χ4v) is 3.40. The van der Waals surface area contributed by atoms with Gasteiger partial charge < -0.3 is 5.32 Å². The van der Waals surface area contributed by atoms with Gasteiger partial charge in [0.2, 0.25) is 0 Å². The molecule has 18 heavy (non-hydrogen) atoms. The van der Waals surface area contributed by atoms with Gasteiger partial charge in [0, 0.05) is 30.4 Å². The fraction of sp³-hybridized carbons (Fsp3) is 0.615. The fourth-order valence-electron chi connectivity index (χ4n) is 2.13. The quantitative estimate of drug-likeness (QED) is 0.633. The van der Waals surface area contributed by atoms with E-state index in [-0.39, 0.29) is 5.82 Å². The minimum Gasteiger partial charge on any atom is -0.387 e. The second kappa shape index (κ2) is 5.05. The first kappa shape index (κ1) is 12.2. The van der Waals surface area contributed by atoms with Crippen LogP contribution in [0.3, 0.4) is 0 Å². The number of pyridine rings is 1. The van der Waals surface area contributed by atoms with Gasteiger partial charge in [-0.3, -0.25) is 4.98 Å². The van der Waals surface area contributed by atoms with Crippen molar-refractivity contribution in [1.82, 2.24) is 9.29 Å². The normalized spacial score (nSPS) is 26.1. The zero-order valence-electron chi connectivity index (χ0n) is 10.5. The Morgan fingerprint density at radius 2 is 2.33 bits per heavy atom. The number of halogens is 1.